The van der Waals surface area contributed by atoms with Gasteiger partial charge in [-0.05, 0) is 66.7 Å². The predicted molar refractivity (Wildman–Crippen MR) is 131 cm³/mol. The standard InChI is InChI=1S/C13H11F2NO2.C7H3ClF2O.C6H9NO.Na.H2O/c14-9-3-4-11(12(15)8-9)13(17)16-6-5-10-2-1-7-18-10;8-7(11)5-2-1-4(9)3-6(5)10;7-4-3-6-2-1-5-8-6;;/h1-4,7-8H,5-6H2,(H,16,17);1-3H;1-2,5H,3-4,7H2;;1H2/q;;;+1;/p-1. The predicted octanol–water partition coefficient (Wildman–Crippen LogP) is 2.48. The Morgan fingerprint density at radius 1 is 0.795 bits per heavy atom. The van der Waals surface area contributed by atoms with E-state index in [4.69, 9.17) is 26.2 Å². The maximum Gasteiger partial charge on any atom is 1.00 e. The third-order valence-electron chi connectivity index (χ3n) is 4.53. The smallest absolute Gasteiger partial charge is 0.870 e. The number of carbonyl (C=O) groups excluding carboxylic acids is 2. The van der Waals surface area contributed by atoms with Gasteiger partial charge in [-0.2, -0.15) is 0 Å². The van der Waals surface area contributed by atoms with Crippen molar-refractivity contribution in [1.82, 2.24) is 5.32 Å². The van der Waals surface area contributed by atoms with Gasteiger partial charge in [0.1, 0.15) is 34.8 Å². The molecule has 2 aromatic heterocycles. The number of nitrogens with two attached hydrogens (primary N) is 1. The first-order chi connectivity index (χ1) is 17.7. The zero-order chi connectivity index (χ0) is 27.2. The van der Waals surface area contributed by atoms with Gasteiger partial charge >= 0.3 is 29.6 Å². The van der Waals surface area contributed by atoms with Gasteiger partial charge in [-0.15, -0.1) is 0 Å². The van der Waals surface area contributed by atoms with E-state index in [0.717, 1.165) is 42.2 Å². The Labute approximate surface area is 248 Å². The summed E-state index contributed by atoms with van der Waals surface area (Å²) in [4.78, 5) is 22.0. The van der Waals surface area contributed by atoms with Gasteiger partial charge in [-0.1, -0.05) is 0 Å². The quantitative estimate of drug-likeness (QED) is 0.197. The van der Waals surface area contributed by atoms with Crippen molar-refractivity contribution in [2.45, 2.75) is 12.8 Å². The molecule has 0 radical (unpaired) electrons. The van der Waals surface area contributed by atoms with Gasteiger partial charge in [-0.25, -0.2) is 17.6 Å². The SMILES string of the molecule is NCCc1ccco1.O=C(Cl)c1ccc(F)cc1F.O=C(NCCc1ccco1)c1ccc(F)cc1F.[Na+].[OH-]. The molecular formula is C26H24ClF4N2NaO5. The number of hydrogen-bond acceptors (Lipinski definition) is 6. The molecule has 0 saturated carbocycles. The zero-order valence-electron chi connectivity index (χ0n) is 20.8. The van der Waals surface area contributed by atoms with Crippen LogP contribution >= 0.6 is 11.6 Å². The van der Waals surface area contributed by atoms with E-state index < -0.39 is 34.4 Å². The summed E-state index contributed by atoms with van der Waals surface area (Å²) >= 11 is 4.96. The molecule has 0 aliphatic rings. The molecule has 0 aliphatic heterocycles. The van der Waals surface area contributed by atoms with Crippen LogP contribution in [0.25, 0.3) is 0 Å². The molecule has 7 nitrogen and oxygen atoms in total. The molecule has 4 aromatic rings. The van der Waals surface area contributed by atoms with Crippen LogP contribution in [-0.4, -0.2) is 29.7 Å². The average molecular weight is 579 g/mol. The fourth-order valence-corrected chi connectivity index (χ4v) is 2.92. The van der Waals surface area contributed by atoms with Gasteiger partial charge in [0.2, 0.25) is 0 Å². The van der Waals surface area contributed by atoms with Gasteiger partial charge in [-0.3, -0.25) is 9.59 Å². The van der Waals surface area contributed by atoms with E-state index in [1.807, 2.05) is 12.1 Å². The van der Waals surface area contributed by atoms with Crippen LogP contribution in [0, 0.1) is 23.3 Å². The maximum absolute atomic E-state index is 13.3. The van der Waals surface area contributed by atoms with E-state index in [1.165, 1.54) is 6.26 Å². The molecule has 0 saturated heterocycles. The monoisotopic (exact) mass is 578 g/mol. The minimum absolute atomic E-state index is 0. The zero-order valence-corrected chi connectivity index (χ0v) is 23.6. The second-order valence-corrected chi connectivity index (χ2v) is 7.57. The molecule has 0 fully saturated rings. The van der Waals surface area contributed by atoms with Gasteiger partial charge in [0, 0.05) is 31.5 Å². The van der Waals surface area contributed by atoms with Gasteiger partial charge in [0.05, 0.1) is 23.7 Å². The van der Waals surface area contributed by atoms with Crippen LogP contribution in [0.1, 0.15) is 32.2 Å². The van der Waals surface area contributed by atoms with Crippen LogP contribution in [-0.2, 0) is 12.8 Å². The molecule has 204 valence electrons. The van der Waals surface area contributed by atoms with E-state index in [9.17, 15) is 27.2 Å². The van der Waals surface area contributed by atoms with E-state index >= 15 is 0 Å². The van der Waals surface area contributed by atoms with E-state index in [1.54, 1.807) is 18.4 Å². The third kappa shape index (κ3) is 13.1. The Balaban J connectivity index is 0.000000591. The average Bonchev–Trinajstić information content (AvgIpc) is 3.54. The Hall–Kier alpha value is -2.93. The van der Waals surface area contributed by atoms with Crippen molar-refractivity contribution >= 4 is 22.8 Å². The van der Waals surface area contributed by atoms with E-state index in [0.29, 0.717) is 31.6 Å². The van der Waals surface area contributed by atoms with Crippen molar-refractivity contribution in [3.05, 3.63) is 119 Å². The number of nitrogens with one attached hydrogen (secondary N) is 1. The molecule has 0 aliphatic carbocycles. The molecule has 2 heterocycles. The van der Waals surface area contributed by atoms with E-state index in [-0.39, 0.29) is 46.2 Å². The van der Waals surface area contributed by atoms with Crippen LogP contribution in [0.4, 0.5) is 17.6 Å². The second-order valence-electron chi connectivity index (χ2n) is 7.23. The topological polar surface area (TPSA) is 128 Å². The number of amides is 1. The van der Waals surface area contributed by atoms with Crippen molar-refractivity contribution < 1.29 is 71.0 Å². The number of rotatable bonds is 7. The summed E-state index contributed by atoms with van der Waals surface area (Å²) in [5, 5.41) is 1.61. The summed E-state index contributed by atoms with van der Waals surface area (Å²) in [5.41, 5.74) is 4.78. The van der Waals surface area contributed by atoms with Crippen LogP contribution in [0.5, 0.6) is 0 Å². The number of carbonyl (C=O) groups is 2. The molecule has 0 bridgehead atoms. The summed E-state index contributed by atoms with van der Waals surface area (Å²) < 4.78 is 60.8. The third-order valence-corrected chi connectivity index (χ3v) is 4.73. The maximum atomic E-state index is 13.3. The first kappa shape index (κ1) is 36.1. The Kier molecular flexibility index (Phi) is 17.7. The molecule has 1 amide bonds. The van der Waals surface area contributed by atoms with Crippen LogP contribution in [0.2, 0.25) is 0 Å². The number of benzene rings is 2. The van der Waals surface area contributed by atoms with Crippen LogP contribution < -0.4 is 40.6 Å². The summed E-state index contributed by atoms with van der Waals surface area (Å²) in [6.45, 7) is 0.983. The van der Waals surface area contributed by atoms with Crippen molar-refractivity contribution in [2.75, 3.05) is 13.1 Å². The van der Waals surface area contributed by atoms with Crippen molar-refractivity contribution in [3.8, 4) is 0 Å². The molecular weight excluding hydrogens is 555 g/mol. The van der Waals surface area contributed by atoms with Crippen LogP contribution in [0.3, 0.4) is 0 Å². The second kappa shape index (κ2) is 19.2. The number of furan rings is 2. The number of hydrogen-bond donors (Lipinski definition) is 2. The largest absolute Gasteiger partial charge is 1.00 e. The summed E-state index contributed by atoms with van der Waals surface area (Å²) in [7, 11) is 0. The first-order valence-electron chi connectivity index (χ1n) is 10.8. The van der Waals surface area contributed by atoms with Crippen LogP contribution in [0.15, 0.2) is 82.0 Å². The Morgan fingerprint density at radius 2 is 1.28 bits per heavy atom. The fourth-order valence-electron chi connectivity index (χ4n) is 2.77. The molecule has 0 spiro atoms. The Bertz CT molecular complexity index is 1280. The summed E-state index contributed by atoms with van der Waals surface area (Å²) in [6, 6.07) is 12.7. The fraction of sp³-hybridized carbons (Fsp3) is 0.154. The van der Waals surface area contributed by atoms with Crippen molar-refractivity contribution in [1.29, 1.82) is 0 Å². The van der Waals surface area contributed by atoms with Gasteiger partial charge < -0.3 is 25.4 Å². The van der Waals surface area contributed by atoms with Crippen molar-refractivity contribution in [2.24, 2.45) is 5.73 Å². The summed E-state index contributed by atoms with van der Waals surface area (Å²) in [5.74, 6) is -2.12. The number of halogens is 5. The molecule has 4 N–H and O–H groups in total. The molecule has 13 heteroatoms. The van der Waals surface area contributed by atoms with E-state index in [2.05, 4.69) is 5.32 Å². The van der Waals surface area contributed by atoms with Crippen molar-refractivity contribution in [3.63, 3.8) is 0 Å². The Morgan fingerprint density at radius 3 is 1.69 bits per heavy atom. The first-order valence-corrected chi connectivity index (χ1v) is 11.2. The molecule has 4 rings (SSSR count). The molecule has 2 aromatic carbocycles. The minimum atomic E-state index is -0.940. The minimum Gasteiger partial charge on any atom is -0.870 e. The van der Waals surface area contributed by atoms with Gasteiger partial charge in [0.25, 0.3) is 11.1 Å². The molecule has 39 heavy (non-hydrogen) atoms. The van der Waals surface area contributed by atoms with Gasteiger partial charge in [0.15, 0.2) is 0 Å². The molecule has 0 atom stereocenters. The summed E-state index contributed by atoms with van der Waals surface area (Å²) in [6.07, 6.45) is 4.55. The normalized spacial score (nSPS) is 9.49. The molecule has 0 unspecified atom stereocenters.